The van der Waals surface area contributed by atoms with Gasteiger partial charge >= 0.3 is 0 Å². The van der Waals surface area contributed by atoms with Crippen LogP contribution in [0.4, 0.5) is 0 Å². The molecular weight excluding hydrogens is 228 g/mol. The number of ether oxygens (including phenoxy) is 1. The van der Waals surface area contributed by atoms with Crippen molar-refractivity contribution in [2.75, 3.05) is 7.11 Å². The summed E-state index contributed by atoms with van der Waals surface area (Å²) in [5, 5.41) is 4.33. The van der Waals surface area contributed by atoms with E-state index in [0.717, 1.165) is 30.2 Å². The van der Waals surface area contributed by atoms with Crippen LogP contribution < -0.4 is 10.5 Å². The quantitative estimate of drug-likeness (QED) is 0.857. The van der Waals surface area contributed by atoms with E-state index in [1.165, 1.54) is 5.56 Å². The summed E-state index contributed by atoms with van der Waals surface area (Å²) in [5.41, 5.74) is 6.81. The summed E-state index contributed by atoms with van der Waals surface area (Å²) < 4.78 is 6.86. The van der Waals surface area contributed by atoms with Gasteiger partial charge in [0.1, 0.15) is 11.6 Å². The number of rotatable bonds is 5. The lowest BCUT2D eigenvalue weighted by atomic mass is 10.1. The smallest absolute Gasteiger partial charge is 0.151 e. The summed E-state index contributed by atoms with van der Waals surface area (Å²) in [6, 6.07) is 8.05. The Hall–Kier alpha value is -1.88. The Morgan fingerprint density at radius 3 is 2.50 bits per heavy atom. The maximum atomic E-state index is 5.57. The molecule has 5 nitrogen and oxygen atoms in total. The molecule has 0 aliphatic carbocycles. The van der Waals surface area contributed by atoms with Gasteiger partial charge in [0, 0.05) is 13.5 Å². The average Bonchev–Trinajstić information content (AvgIpc) is 2.77. The summed E-state index contributed by atoms with van der Waals surface area (Å²) in [6.45, 7) is 0.423. The maximum absolute atomic E-state index is 5.57. The van der Waals surface area contributed by atoms with Crippen LogP contribution in [0, 0.1) is 0 Å². The predicted molar refractivity (Wildman–Crippen MR) is 69.3 cm³/mol. The van der Waals surface area contributed by atoms with Crippen molar-refractivity contribution >= 4 is 0 Å². The van der Waals surface area contributed by atoms with Crippen LogP contribution in [0.25, 0.3) is 0 Å². The van der Waals surface area contributed by atoms with Crippen LogP contribution in [0.2, 0.25) is 0 Å². The van der Waals surface area contributed by atoms with E-state index in [1.54, 1.807) is 11.8 Å². The lowest BCUT2D eigenvalue weighted by Crippen LogP contribution is -2.05. The third-order valence-corrected chi connectivity index (χ3v) is 2.88. The molecule has 0 aliphatic heterocycles. The van der Waals surface area contributed by atoms with Crippen LogP contribution in [-0.4, -0.2) is 21.9 Å². The number of nitrogens with two attached hydrogens (primary N) is 1. The average molecular weight is 246 g/mol. The minimum atomic E-state index is 0.423. The SMILES string of the molecule is COc1ccc(CCc2nc(CN)n(C)n2)cc1. The molecule has 96 valence electrons. The summed E-state index contributed by atoms with van der Waals surface area (Å²) >= 11 is 0. The fourth-order valence-corrected chi connectivity index (χ4v) is 1.81. The molecule has 1 heterocycles. The number of methoxy groups -OCH3 is 1. The molecule has 0 saturated carbocycles. The van der Waals surface area contributed by atoms with Gasteiger partial charge in [0.25, 0.3) is 0 Å². The molecule has 0 saturated heterocycles. The highest BCUT2D eigenvalue weighted by molar-refractivity contribution is 5.27. The molecule has 0 amide bonds. The Balaban J connectivity index is 1.97. The lowest BCUT2D eigenvalue weighted by Gasteiger charge is -2.01. The third-order valence-electron chi connectivity index (χ3n) is 2.88. The van der Waals surface area contributed by atoms with Gasteiger partial charge in [-0.2, -0.15) is 5.10 Å². The van der Waals surface area contributed by atoms with Crippen LogP contribution in [0.5, 0.6) is 5.75 Å². The lowest BCUT2D eigenvalue weighted by molar-refractivity contribution is 0.414. The standard InChI is InChI=1S/C13H18N4O/c1-17-13(9-14)15-12(16-17)8-5-10-3-6-11(18-2)7-4-10/h3-4,6-7H,5,8-9,14H2,1-2H3. The number of hydrogen-bond donors (Lipinski definition) is 1. The molecule has 0 atom stereocenters. The second-order valence-corrected chi connectivity index (χ2v) is 4.12. The summed E-state index contributed by atoms with van der Waals surface area (Å²) in [4.78, 5) is 4.38. The minimum absolute atomic E-state index is 0.423. The molecule has 0 aliphatic rings. The molecule has 0 spiro atoms. The van der Waals surface area contributed by atoms with Gasteiger partial charge in [0.05, 0.1) is 13.7 Å². The molecule has 0 fully saturated rings. The second-order valence-electron chi connectivity index (χ2n) is 4.12. The van der Waals surface area contributed by atoms with E-state index in [9.17, 15) is 0 Å². The molecule has 2 N–H and O–H groups in total. The monoisotopic (exact) mass is 246 g/mol. The first-order chi connectivity index (χ1) is 8.72. The van der Waals surface area contributed by atoms with Gasteiger partial charge in [-0.3, -0.25) is 4.68 Å². The number of benzene rings is 1. The van der Waals surface area contributed by atoms with E-state index in [-0.39, 0.29) is 0 Å². The predicted octanol–water partition coefficient (Wildman–Crippen LogP) is 1.07. The Bertz CT molecular complexity index is 504. The summed E-state index contributed by atoms with van der Waals surface area (Å²) in [5.74, 6) is 2.54. The number of aryl methyl sites for hydroxylation is 3. The number of aromatic nitrogens is 3. The first kappa shape index (κ1) is 12.6. The largest absolute Gasteiger partial charge is 0.497 e. The van der Waals surface area contributed by atoms with Crippen molar-refractivity contribution < 1.29 is 4.74 Å². The normalized spacial score (nSPS) is 10.6. The van der Waals surface area contributed by atoms with E-state index < -0.39 is 0 Å². The van der Waals surface area contributed by atoms with E-state index >= 15 is 0 Å². The molecule has 1 aromatic heterocycles. The first-order valence-corrected chi connectivity index (χ1v) is 5.94. The van der Waals surface area contributed by atoms with Crippen LogP contribution in [-0.2, 0) is 26.4 Å². The van der Waals surface area contributed by atoms with E-state index in [4.69, 9.17) is 10.5 Å². The van der Waals surface area contributed by atoms with Crippen LogP contribution in [0.1, 0.15) is 17.2 Å². The Morgan fingerprint density at radius 1 is 1.22 bits per heavy atom. The first-order valence-electron chi connectivity index (χ1n) is 5.94. The zero-order chi connectivity index (χ0) is 13.0. The van der Waals surface area contributed by atoms with Gasteiger partial charge < -0.3 is 10.5 Å². The van der Waals surface area contributed by atoms with Crippen LogP contribution in [0.3, 0.4) is 0 Å². The topological polar surface area (TPSA) is 66.0 Å². The zero-order valence-corrected chi connectivity index (χ0v) is 10.8. The van der Waals surface area contributed by atoms with Gasteiger partial charge in [-0.05, 0) is 24.1 Å². The molecule has 1 aromatic carbocycles. The second kappa shape index (κ2) is 5.64. The van der Waals surface area contributed by atoms with E-state index in [0.29, 0.717) is 6.54 Å². The van der Waals surface area contributed by atoms with Gasteiger partial charge in [-0.15, -0.1) is 0 Å². The van der Waals surface area contributed by atoms with Crippen LogP contribution in [0.15, 0.2) is 24.3 Å². The van der Waals surface area contributed by atoms with Gasteiger partial charge in [-0.25, -0.2) is 4.98 Å². The molecule has 18 heavy (non-hydrogen) atoms. The van der Waals surface area contributed by atoms with Crippen molar-refractivity contribution in [2.45, 2.75) is 19.4 Å². The molecule has 0 radical (unpaired) electrons. The summed E-state index contributed by atoms with van der Waals surface area (Å²) in [6.07, 6.45) is 1.73. The van der Waals surface area contributed by atoms with Crippen molar-refractivity contribution in [2.24, 2.45) is 12.8 Å². The minimum Gasteiger partial charge on any atom is -0.497 e. The highest BCUT2D eigenvalue weighted by Crippen LogP contribution is 2.12. The van der Waals surface area contributed by atoms with Crippen molar-refractivity contribution in [1.29, 1.82) is 0 Å². The van der Waals surface area contributed by atoms with Gasteiger partial charge in [-0.1, -0.05) is 12.1 Å². The highest BCUT2D eigenvalue weighted by atomic mass is 16.5. The van der Waals surface area contributed by atoms with E-state index in [1.807, 2.05) is 19.2 Å². The molecule has 2 aromatic rings. The number of nitrogens with zero attached hydrogens (tertiary/aromatic N) is 3. The van der Waals surface area contributed by atoms with Gasteiger partial charge in [0.2, 0.25) is 0 Å². The maximum Gasteiger partial charge on any atom is 0.151 e. The number of hydrogen-bond acceptors (Lipinski definition) is 4. The molecule has 0 unspecified atom stereocenters. The van der Waals surface area contributed by atoms with Gasteiger partial charge in [0.15, 0.2) is 5.82 Å². The highest BCUT2D eigenvalue weighted by Gasteiger charge is 2.05. The third kappa shape index (κ3) is 2.87. The Kier molecular flexibility index (Phi) is 3.94. The molecule has 5 heteroatoms. The van der Waals surface area contributed by atoms with Crippen molar-refractivity contribution in [3.05, 3.63) is 41.5 Å². The zero-order valence-electron chi connectivity index (χ0n) is 10.8. The van der Waals surface area contributed by atoms with Crippen molar-refractivity contribution in [3.63, 3.8) is 0 Å². The molecular formula is C13H18N4O. The summed E-state index contributed by atoms with van der Waals surface area (Å²) in [7, 11) is 3.53. The van der Waals surface area contributed by atoms with Crippen molar-refractivity contribution in [3.8, 4) is 5.75 Å². The van der Waals surface area contributed by atoms with E-state index in [2.05, 4.69) is 22.2 Å². The fraction of sp³-hybridized carbons (Fsp3) is 0.385. The van der Waals surface area contributed by atoms with Crippen LogP contribution >= 0.6 is 0 Å². The molecule has 0 bridgehead atoms. The van der Waals surface area contributed by atoms with Crippen molar-refractivity contribution in [1.82, 2.24) is 14.8 Å². The fourth-order valence-electron chi connectivity index (χ4n) is 1.81. The Morgan fingerprint density at radius 2 is 1.94 bits per heavy atom. The Labute approximate surface area is 107 Å². The molecule has 2 rings (SSSR count).